The SMILES string of the molecule is CN(Cc1nnc(-c2ccccc2Cl)o1)Cc1c(F)cccc1Cl. The van der Waals surface area contributed by atoms with E-state index in [1.54, 1.807) is 18.2 Å². The van der Waals surface area contributed by atoms with Crippen LogP contribution in [0.1, 0.15) is 11.5 Å². The van der Waals surface area contributed by atoms with Crippen LogP contribution in [0, 0.1) is 5.82 Å². The van der Waals surface area contributed by atoms with Gasteiger partial charge < -0.3 is 4.42 Å². The van der Waals surface area contributed by atoms with E-state index in [4.69, 9.17) is 27.6 Å². The molecule has 0 fully saturated rings. The molecule has 124 valence electrons. The Hall–Kier alpha value is -1.95. The molecule has 0 atom stereocenters. The van der Waals surface area contributed by atoms with E-state index in [0.717, 1.165) is 0 Å². The van der Waals surface area contributed by atoms with E-state index in [-0.39, 0.29) is 5.82 Å². The molecule has 2 aromatic carbocycles. The average Bonchev–Trinajstić information content (AvgIpc) is 3.00. The zero-order chi connectivity index (χ0) is 17.1. The zero-order valence-electron chi connectivity index (χ0n) is 12.8. The fourth-order valence-corrected chi connectivity index (χ4v) is 2.74. The molecule has 0 spiro atoms. The lowest BCUT2D eigenvalue weighted by Gasteiger charge is -2.15. The quantitative estimate of drug-likeness (QED) is 0.650. The third kappa shape index (κ3) is 3.75. The molecule has 0 saturated carbocycles. The van der Waals surface area contributed by atoms with E-state index in [9.17, 15) is 4.39 Å². The van der Waals surface area contributed by atoms with Gasteiger partial charge in [-0.1, -0.05) is 41.4 Å². The minimum atomic E-state index is -0.336. The lowest BCUT2D eigenvalue weighted by Crippen LogP contribution is -2.18. The van der Waals surface area contributed by atoms with Crippen LogP contribution in [0.3, 0.4) is 0 Å². The summed E-state index contributed by atoms with van der Waals surface area (Å²) in [5.41, 5.74) is 1.12. The van der Waals surface area contributed by atoms with E-state index in [1.807, 2.05) is 30.1 Å². The van der Waals surface area contributed by atoms with Crippen LogP contribution < -0.4 is 0 Å². The lowest BCUT2D eigenvalue weighted by molar-refractivity contribution is 0.279. The van der Waals surface area contributed by atoms with Gasteiger partial charge in [0, 0.05) is 17.1 Å². The monoisotopic (exact) mass is 365 g/mol. The standard InChI is InChI=1S/C17H14Cl2FN3O/c1-23(9-12-14(19)7-4-8-15(12)20)10-16-21-22-17(24-16)11-5-2-3-6-13(11)18/h2-8H,9-10H2,1H3. The number of benzene rings is 2. The summed E-state index contributed by atoms with van der Waals surface area (Å²) in [7, 11) is 1.82. The first-order valence-electron chi connectivity index (χ1n) is 7.23. The van der Waals surface area contributed by atoms with E-state index in [2.05, 4.69) is 10.2 Å². The molecule has 4 nitrogen and oxygen atoms in total. The first-order valence-corrected chi connectivity index (χ1v) is 7.99. The highest BCUT2D eigenvalue weighted by Crippen LogP contribution is 2.26. The normalized spacial score (nSPS) is 11.2. The summed E-state index contributed by atoms with van der Waals surface area (Å²) in [5.74, 6) is 0.435. The molecule has 1 aromatic heterocycles. The van der Waals surface area contributed by atoms with Crippen LogP contribution in [-0.2, 0) is 13.1 Å². The van der Waals surface area contributed by atoms with E-state index in [0.29, 0.717) is 46.0 Å². The molecule has 0 saturated heterocycles. The third-order valence-electron chi connectivity index (χ3n) is 3.47. The Morgan fingerprint density at radius 2 is 1.75 bits per heavy atom. The number of rotatable bonds is 5. The highest BCUT2D eigenvalue weighted by molar-refractivity contribution is 6.33. The topological polar surface area (TPSA) is 42.2 Å². The zero-order valence-corrected chi connectivity index (χ0v) is 14.4. The maximum absolute atomic E-state index is 13.8. The van der Waals surface area contributed by atoms with Crippen molar-refractivity contribution < 1.29 is 8.81 Å². The van der Waals surface area contributed by atoms with Gasteiger partial charge in [0.15, 0.2) is 0 Å². The maximum atomic E-state index is 13.8. The van der Waals surface area contributed by atoms with Crippen molar-refractivity contribution in [2.24, 2.45) is 0 Å². The minimum Gasteiger partial charge on any atom is -0.419 e. The molecular weight excluding hydrogens is 352 g/mol. The molecule has 7 heteroatoms. The van der Waals surface area contributed by atoms with E-state index in [1.165, 1.54) is 6.07 Å². The van der Waals surface area contributed by atoms with Crippen LogP contribution in [0.5, 0.6) is 0 Å². The van der Waals surface area contributed by atoms with Crippen molar-refractivity contribution in [3.63, 3.8) is 0 Å². The number of hydrogen-bond acceptors (Lipinski definition) is 4. The molecule has 3 aromatic rings. The number of hydrogen-bond donors (Lipinski definition) is 0. The van der Waals surface area contributed by atoms with Crippen molar-refractivity contribution in [1.29, 1.82) is 0 Å². The summed E-state index contributed by atoms with van der Waals surface area (Å²) >= 11 is 12.2. The summed E-state index contributed by atoms with van der Waals surface area (Å²) < 4.78 is 19.5. The first kappa shape index (κ1) is 16.9. The van der Waals surface area contributed by atoms with Crippen molar-refractivity contribution in [3.8, 4) is 11.5 Å². The van der Waals surface area contributed by atoms with Crippen molar-refractivity contribution in [2.75, 3.05) is 7.05 Å². The van der Waals surface area contributed by atoms with Crippen LogP contribution in [0.15, 0.2) is 46.9 Å². The van der Waals surface area contributed by atoms with Gasteiger partial charge in [0.25, 0.3) is 0 Å². The second-order valence-corrected chi connectivity index (χ2v) is 6.17. The van der Waals surface area contributed by atoms with Gasteiger partial charge in [0.2, 0.25) is 11.8 Å². The smallest absolute Gasteiger partial charge is 0.249 e. The lowest BCUT2D eigenvalue weighted by atomic mass is 10.2. The molecular formula is C17H14Cl2FN3O. The second-order valence-electron chi connectivity index (χ2n) is 5.35. The Balaban J connectivity index is 1.72. The Kier molecular flexibility index (Phi) is 5.14. The summed E-state index contributed by atoms with van der Waals surface area (Å²) in [5, 5.41) is 8.96. The molecule has 3 rings (SSSR count). The van der Waals surface area contributed by atoms with Crippen LogP contribution in [0.2, 0.25) is 10.0 Å². The summed E-state index contributed by atoms with van der Waals surface area (Å²) in [4.78, 5) is 1.84. The fraction of sp³-hybridized carbons (Fsp3) is 0.176. The second kappa shape index (κ2) is 7.30. The van der Waals surface area contributed by atoms with Crippen LogP contribution in [0.25, 0.3) is 11.5 Å². The predicted octanol–water partition coefficient (Wildman–Crippen LogP) is 4.81. The number of halogens is 3. The number of nitrogens with zero attached hydrogens (tertiary/aromatic N) is 3. The van der Waals surface area contributed by atoms with Gasteiger partial charge in [0.1, 0.15) is 5.82 Å². The molecule has 0 bridgehead atoms. The van der Waals surface area contributed by atoms with Gasteiger partial charge in [0.05, 0.1) is 17.1 Å². The molecule has 0 unspecified atom stereocenters. The van der Waals surface area contributed by atoms with Gasteiger partial charge in [-0.25, -0.2) is 4.39 Å². The fourth-order valence-electron chi connectivity index (χ4n) is 2.30. The number of aromatic nitrogens is 2. The van der Waals surface area contributed by atoms with Gasteiger partial charge >= 0.3 is 0 Å². The molecule has 0 aliphatic carbocycles. The van der Waals surface area contributed by atoms with E-state index < -0.39 is 0 Å². The minimum absolute atomic E-state index is 0.329. The molecule has 0 aliphatic rings. The highest BCUT2D eigenvalue weighted by Gasteiger charge is 2.15. The molecule has 24 heavy (non-hydrogen) atoms. The van der Waals surface area contributed by atoms with Crippen molar-refractivity contribution in [1.82, 2.24) is 15.1 Å². The summed E-state index contributed by atoms with van der Waals surface area (Å²) in [6, 6.07) is 11.9. The molecule has 0 radical (unpaired) electrons. The average molecular weight is 366 g/mol. The Morgan fingerprint density at radius 1 is 1.00 bits per heavy atom. The van der Waals surface area contributed by atoms with E-state index >= 15 is 0 Å². The molecule has 1 heterocycles. The third-order valence-corrected chi connectivity index (χ3v) is 4.15. The Bertz CT molecular complexity index is 833. The van der Waals surface area contributed by atoms with Crippen molar-refractivity contribution >= 4 is 23.2 Å². The maximum Gasteiger partial charge on any atom is 0.249 e. The van der Waals surface area contributed by atoms with Gasteiger partial charge in [-0.3, -0.25) is 4.90 Å². The first-order chi connectivity index (χ1) is 11.5. The van der Waals surface area contributed by atoms with Gasteiger partial charge in [-0.2, -0.15) is 0 Å². The van der Waals surface area contributed by atoms with Crippen molar-refractivity contribution in [3.05, 3.63) is 69.8 Å². The molecule has 0 aliphatic heterocycles. The van der Waals surface area contributed by atoms with Crippen LogP contribution in [-0.4, -0.2) is 22.1 Å². The Labute approximate surface area is 148 Å². The molecule has 0 amide bonds. The van der Waals surface area contributed by atoms with Crippen LogP contribution in [0.4, 0.5) is 4.39 Å². The van der Waals surface area contributed by atoms with Crippen molar-refractivity contribution in [2.45, 2.75) is 13.1 Å². The Morgan fingerprint density at radius 3 is 2.50 bits per heavy atom. The van der Waals surface area contributed by atoms with Gasteiger partial charge in [-0.15, -0.1) is 10.2 Å². The summed E-state index contributed by atoms with van der Waals surface area (Å²) in [6.45, 7) is 0.692. The summed E-state index contributed by atoms with van der Waals surface area (Å²) in [6.07, 6.45) is 0. The van der Waals surface area contributed by atoms with Crippen LogP contribution >= 0.6 is 23.2 Å². The van der Waals surface area contributed by atoms with Gasteiger partial charge in [-0.05, 0) is 31.3 Å². The highest BCUT2D eigenvalue weighted by atomic mass is 35.5. The largest absolute Gasteiger partial charge is 0.419 e. The predicted molar refractivity (Wildman–Crippen MR) is 91.3 cm³/mol. The molecule has 0 N–H and O–H groups in total.